The standard InChI is InChI=1S/C12H15N3O/c1-3-13-10-7-8-14-12-9(10)5-6-11(15-12)16-4-2/h5-8H,3-4H2,1-2H3,(H,13,14,15). The smallest absolute Gasteiger partial charge is 0.215 e. The van der Waals surface area contributed by atoms with Crippen molar-refractivity contribution >= 4 is 16.7 Å². The predicted molar refractivity (Wildman–Crippen MR) is 64.9 cm³/mol. The van der Waals surface area contributed by atoms with Crippen molar-refractivity contribution in [3.05, 3.63) is 24.4 Å². The van der Waals surface area contributed by atoms with E-state index in [1.807, 2.05) is 25.1 Å². The van der Waals surface area contributed by atoms with E-state index in [0.29, 0.717) is 18.1 Å². The normalized spacial score (nSPS) is 10.4. The molecular weight excluding hydrogens is 202 g/mol. The maximum absolute atomic E-state index is 5.34. The van der Waals surface area contributed by atoms with Crippen LogP contribution < -0.4 is 10.1 Å². The number of aromatic nitrogens is 2. The van der Waals surface area contributed by atoms with E-state index in [1.54, 1.807) is 6.20 Å². The molecule has 1 N–H and O–H groups in total. The second-order valence-electron chi connectivity index (χ2n) is 3.34. The Labute approximate surface area is 94.7 Å². The first-order valence-corrected chi connectivity index (χ1v) is 5.47. The van der Waals surface area contributed by atoms with Gasteiger partial charge in [-0.1, -0.05) is 0 Å². The Bertz CT molecular complexity index is 485. The molecule has 0 atom stereocenters. The van der Waals surface area contributed by atoms with Gasteiger partial charge in [0.15, 0.2) is 5.65 Å². The molecule has 2 aromatic heterocycles. The lowest BCUT2D eigenvalue weighted by Gasteiger charge is -2.07. The van der Waals surface area contributed by atoms with Gasteiger partial charge in [-0.3, -0.25) is 0 Å². The van der Waals surface area contributed by atoms with Gasteiger partial charge in [-0.25, -0.2) is 4.98 Å². The van der Waals surface area contributed by atoms with E-state index in [9.17, 15) is 0 Å². The molecule has 0 spiro atoms. The van der Waals surface area contributed by atoms with Crippen molar-refractivity contribution in [3.8, 4) is 5.88 Å². The van der Waals surface area contributed by atoms with Gasteiger partial charge >= 0.3 is 0 Å². The Hall–Kier alpha value is -1.84. The Balaban J connectivity index is 2.46. The second-order valence-corrected chi connectivity index (χ2v) is 3.34. The fraction of sp³-hybridized carbons (Fsp3) is 0.333. The Morgan fingerprint density at radius 2 is 2.12 bits per heavy atom. The van der Waals surface area contributed by atoms with Crippen molar-refractivity contribution in [1.82, 2.24) is 9.97 Å². The number of nitrogens with one attached hydrogen (secondary N) is 1. The molecule has 0 saturated carbocycles. The number of ether oxygens (including phenoxy) is 1. The van der Waals surface area contributed by atoms with Gasteiger partial charge in [-0.2, -0.15) is 4.98 Å². The summed E-state index contributed by atoms with van der Waals surface area (Å²) in [5, 5.41) is 4.30. The van der Waals surface area contributed by atoms with Crippen molar-refractivity contribution in [2.45, 2.75) is 13.8 Å². The molecule has 4 heteroatoms. The molecule has 16 heavy (non-hydrogen) atoms. The molecule has 0 aliphatic heterocycles. The van der Waals surface area contributed by atoms with E-state index in [0.717, 1.165) is 17.6 Å². The van der Waals surface area contributed by atoms with E-state index in [1.165, 1.54) is 0 Å². The minimum atomic E-state index is 0.616. The van der Waals surface area contributed by atoms with Crippen LogP contribution in [0.4, 0.5) is 5.69 Å². The molecule has 0 radical (unpaired) electrons. The number of anilines is 1. The van der Waals surface area contributed by atoms with Crippen LogP contribution in [0, 0.1) is 0 Å². The van der Waals surface area contributed by atoms with Crippen molar-refractivity contribution in [1.29, 1.82) is 0 Å². The third-order valence-corrected chi connectivity index (χ3v) is 2.24. The van der Waals surface area contributed by atoms with Gasteiger partial charge in [0.1, 0.15) is 0 Å². The van der Waals surface area contributed by atoms with Crippen LogP contribution >= 0.6 is 0 Å². The van der Waals surface area contributed by atoms with Gasteiger partial charge in [0, 0.05) is 29.9 Å². The Kier molecular flexibility index (Phi) is 3.19. The quantitative estimate of drug-likeness (QED) is 0.854. The van der Waals surface area contributed by atoms with Crippen LogP contribution in [0.3, 0.4) is 0 Å². The van der Waals surface area contributed by atoms with Gasteiger partial charge in [0.25, 0.3) is 0 Å². The van der Waals surface area contributed by atoms with Crippen molar-refractivity contribution in [2.24, 2.45) is 0 Å². The highest BCUT2D eigenvalue weighted by atomic mass is 16.5. The summed E-state index contributed by atoms with van der Waals surface area (Å²) in [6.45, 7) is 5.50. The van der Waals surface area contributed by atoms with Crippen LogP contribution in [0.25, 0.3) is 11.0 Å². The molecule has 0 fully saturated rings. The lowest BCUT2D eigenvalue weighted by atomic mass is 10.2. The van der Waals surface area contributed by atoms with Gasteiger partial charge in [-0.05, 0) is 26.0 Å². The van der Waals surface area contributed by atoms with Crippen LogP contribution in [0.15, 0.2) is 24.4 Å². The highest BCUT2D eigenvalue weighted by Gasteiger charge is 2.03. The van der Waals surface area contributed by atoms with Crippen LogP contribution in [0.1, 0.15) is 13.8 Å². The fourth-order valence-electron chi connectivity index (χ4n) is 1.58. The van der Waals surface area contributed by atoms with Crippen molar-refractivity contribution in [3.63, 3.8) is 0 Å². The summed E-state index contributed by atoms with van der Waals surface area (Å²) < 4.78 is 5.34. The summed E-state index contributed by atoms with van der Waals surface area (Å²) in [6.07, 6.45) is 1.75. The van der Waals surface area contributed by atoms with Crippen molar-refractivity contribution < 1.29 is 4.74 Å². The zero-order chi connectivity index (χ0) is 11.4. The summed E-state index contributed by atoms with van der Waals surface area (Å²) in [5.74, 6) is 0.621. The Morgan fingerprint density at radius 1 is 1.25 bits per heavy atom. The summed E-state index contributed by atoms with van der Waals surface area (Å²) in [7, 11) is 0. The third-order valence-electron chi connectivity index (χ3n) is 2.24. The number of hydrogen-bond donors (Lipinski definition) is 1. The highest BCUT2D eigenvalue weighted by Crippen LogP contribution is 2.22. The fourth-order valence-corrected chi connectivity index (χ4v) is 1.58. The minimum absolute atomic E-state index is 0.616. The molecule has 4 nitrogen and oxygen atoms in total. The SMILES string of the molecule is CCNc1ccnc2nc(OCC)ccc12. The topological polar surface area (TPSA) is 47.0 Å². The molecule has 0 unspecified atom stereocenters. The molecule has 0 aliphatic carbocycles. The first-order chi connectivity index (χ1) is 7.85. The van der Waals surface area contributed by atoms with Gasteiger partial charge in [0.2, 0.25) is 5.88 Å². The predicted octanol–water partition coefficient (Wildman–Crippen LogP) is 2.46. The Morgan fingerprint density at radius 3 is 2.88 bits per heavy atom. The maximum atomic E-state index is 5.34. The molecule has 2 rings (SSSR count). The van der Waals surface area contributed by atoms with Crippen LogP contribution in [-0.4, -0.2) is 23.1 Å². The molecule has 2 aromatic rings. The van der Waals surface area contributed by atoms with E-state index in [4.69, 9.17) is 4.74 Å². The van der Waals surface area contributed by atoms with Crippen molar-refractivity contribution in [2.75, 3.05) is 18.5 Å². The molecule has 0 amide bonds. The first-order valence-electron chi connectivity index (χ1n) is 5.47. The molecule has 0 saturated heterocycles. The minimum Gasteiger partial charge on any atom is -0.478 e. The van der Waals surface area contributed by atoms with E-state index in [-0.39, 0.29) is 0 Å². The number of rotatable bonds is 4. The summed E-state index contributed by atoms with van der Waals surface area (Å²) in [6, 6.07) is 5.81. The van der Waals surface area contributed by atoms with Gasteiger partial charge in [0.05, 0.1) is 6.61 Å². The molecule has 0 bridgehead atoms. The zero-order valence-corrected chi connectivity index (χ0v) is 9.53. The number of pyridine rings is 2. The molecule has 84 valence electrons. The largest absolute Gasteiger partial charge is 0.478 e. The molecular formula is C12H15N3O. The zero-order valence-electron chi connectivity index (χ0n) is 9.53. The van der Waals surface area contributed by atoms with Crippen LogP contribution in [-0.2, 0) is 0 Å². The average Bonchev–Trinajstić information content (AvgIpc) is 2.30. The molecule has 2 heterocycles. The van der Waals surface area contributed by atoms with E-state index >= 15 is 0 Å². The number of hydrogen-bond acceptors (Lipinski definition) is 4. The summed E-state index contributed by atoms with van der Waals surface area (Å²) in [5.41, 5.74) is 1.77. The second kappa shape index (κ2) is 4.79. The third kappa shape index (κ3) is 2.05. The number of nitrogens with zero attached hydrogens (tertiary/aromatic N) is 2. The van der Waals surface area contributed by atoms with E-state index in [2.05, 4.69) is 22.2 Å². The lowest BCUT2D eigenvalue weighted by molar-refractivity contribution is 0.328. The molecule has 0 aliphatic rings. The summed E-state index contributed by atoms with van der Waals surface area (Å²) >= 11 is 0. The first kappa shape index (κ1) is 10.7. The lowest BCUT2D eigenvalue weighted by Crippen LogP contribution is -1.99. The summed E-state index contributed by atoms with van der Waals surface area (Å²) in [4.78, 5) is 8.57. The van der Waals surface area contributed by atoms with Crippen LogP contribution in [0.2, 0.25) is 0 Å². The average molecular weight is 217 g/mol. The van der Waals surface area contributed by atoms with Gasteiger partial charge in [-0.15, -0.1) is 0 Å². The monoisotopic (exact) mass is 217 g/mol. The van der Waals surface area contributed by atoms with E-state index < -0.39 is 0 Å². The maximum Gasteiger partial charge on any atom is 0.215 e. The number of fused-ring (bicyclic) bond motifs is 1. The van der Waals surface area contributed by atoms with Crippen LogP contribution in [0.5, 0.6) is 5.88 Å². The highest BCUT2D eigenvalue weighted by molar-refractivity contribution is 5.88. The molecule has 0 aromatic carbocycles. The van der Waals surface area contributed by atoms with Gasteiger partial charge < -0.3 is 10.1 Å².